The highest BCUT2D eigenvalue weighted by molar-refractivity contribution is 6.53. The van der Waals surface area contributed by atoms with Crippen LogP contribution in [0.4, 0.5) is 4.39 Å². The van der Waals surface area contributed by atoms with E-state index in [-0.39, 0.29) is 12.2 Å². The minimum absolute atomic E-state index is 0.143. The van der Waals surface area contributed by atoms with Gasteiger partial charge in [0.05, 0.1) is 12.2 Å². The lowest BCUT2D eigenvalue weighted by Crippen LogP contribution is -2.70. The molecule has 6 nitrogen and oxygen atoms in total. The van der Waals surface area contributed by atoms with Gasteiger partial charge in [-0.3, -0.25) is 4.79 Å². The van der Waals surface area contributed by atoms with E-state index in [0.717, 1.165) is 0 Å². The predicted molar refractivity (Wildman–Crippen MR) is 128 cm³/mol. The lowest BCUT2D eigenvalue weighted by Gasteiger charge is -2.62. The Hall–Kier alpha value is -1.44. The normalized spacial score (nSPS) is 44.4. The number of aliphatic hydroxyl groups is 1. The molecule has 0 aromatic heterocycles. The number of carbonyl (C=O) groups is 3. The zero-order valence-electron chi connectivity index (χ0n) is 20.6. The predicted octanol–water partition coefficient (Wildman–Crippen LogP) is 4.64. The summed E-state index contributed by atoms with van der Waals surface area (Å²) in [5.74, 6) is -3.51. The van der Waals surface area contributed by atoms with Crippen LogP contribution in [0.2, 0.25) is 0 Å². The summed E-state index contributed by atoms with van der Waals surface area (Å²) in [6.07, 6.45) is 3.55. The van der Waals surface area contributed by atoms with Crippen molar-refractivity contribution in [3.8, 4) is 0 Å². The third-order valence-electron chi connectivity index (χ3n) is 9.27. The number of fused-ring (bicyclic) bond motifs is 5. The van der Waals surface area contributed by atoms with E-state index in [4.69, 9.17) is 32.7 Å². The number of esters is 2. The summed E-state index contributed by atoms with van der Waals surface area (Å²) in [6, 6.07) is 0. The number of aliphatic hydroxyl groups excluding tert-OH is 1. The van der Waals surface area contributed by atoms with Gasteiger partial charge >= 0.3 is 11.9 Å². The molecule has 4 rings (SSSR count). The monoisotopic (exact) mass is 530 g/mol. The van der Waals surface area contributed by atoms with Crippen LogP contribution in [0.3, 0.4) is 0 Å². The van der Waals surface area contributed by atoms with Crippen molar-refractivity contribution in [3.05, 3.63) is 23.8 Å². The maximum absolute atomic E-state index is 17.3. The Morgan fingerprint density at radius 1 is 1.23 bits per heavy atom. The third kappa shape index (κ3) is 3.47. The highest BCUT2D eigenvalue weighted by Crippen LogP contribution is 2.71. The highest BCUT2D eigenvalue weighted by atomic mass is 35.5. The average Bonchev–Trinajstić information content (AvgIpc) is 2.96. The first kappa shape index (κ1) is 26.6. The van der Waals surface area contributed by atoms with Gasteiger partial charge in [-0.1, -0.05) is 48.7 Å². The van der Waals surface area contributed by atoms with Crippen LogP contribution in [0.15, 0.2) is 23.8 Å². The van der Waals surface area contributed by atoms with Gasteiger partial charge in [-0.05, 0) is 64.5 Å². The fourth-order valence-electron chi connectivity index (χ4n) is 7.73. The average molecular weight is 531 g/mol. The van der Waals surface area contributed by atoms with E-state index in [1.54, 1.807) is 40.7 Å². The molecule has 0 spiro atoms. The van der Waals surface area contributed by atoms with Gasteiger partial charge in [0.1, 0.15) is 0 Å². The van der Waals surface area contributed by atoms with E-state index in [1.807, 2.05) is 0 Å². The van der Waals surface area contributed by atoms with Gasteiger partial charge in [-0.15, -0.1) is 0 Å². The van der Waals surface area contributed by atoms with E-state index < -0.39 is 68.8 Å². The van der Waals surface area contributed by atoms with Crippen LogP contribution in [0.5, 0.6) is 0 Å². The van der Waals surface area contributed by atoms with Crippen LogP contribution in [0.1, 0.15) is 60.3 Å². The Labute approximate surface area is 215 Å². The number of alkyl halides is 3. The fourth-order valence-corrected chi connectivity index (χ4v) is 7.82. The number of rotatable bonds is 4. The molecule has 194 valence electrons. The molecule has 0 saturated heterocycles. The standard InChI is InChI=1S/C26H33Cl2FO6/c1-13(2)34-22(33)26(35-21(32)20(27)28)14(3)10-18-17-7-6-15-11-16(30)8-9-23(15,4)25(17,29)19(31)12-24(18,26)5/h8-9,11,13-14,17-20,31H,6-7,10,12H2,1-5H3/t14-,17-,18-,19-,23-,24-,25-,26-/m0/s1. The maximum Gasteiger partial charge on any atom is 0.351 e. The lowest BCUT2D eigenvalue weighted by atomic mass is 9.44. The zero-order valence-corrected chi connectivity index (χ0v) is 22.2. The van der Waals surface area contributed by atoms with Crippen LogP contribution in [0, 0.1) is 28.6 Å². The molecule has 0 aliphatic heterocycles. The number of hydrogen-bond donors (Lipinski definition) is 1. The Bertz CT molecular complexity index is 1010. The molecular formula is C26H33Cl2FO6. The Morgan fingerprint density at radius 3 is 2.49 bits per heavy atom. The fraction of sp³-hybridized carbons (Fsp3) is 0.731. The van der Waals surface area contributed by atoms with Crippen LogP contribution < -0.4 is 0 Å². The number of halogens is 3. The first-order valence-corrected chi connectivity index (χ1v) is 13.1. The molecule has 9 heteroatoms. The maximum atomic E-state index is 17.3. The molecule has 1 N–H and O–H groups in total. The molecule has 0 bridgehead atoms. The summed E-state index contributed by atoms with van der Waals surface area (Å²) in [5, 5.41) is 11.5. The van der Waals surface area contributed by atoms with Crippen molar-refractivity contribution in [2.24, 2.45) is 28.6 Å². The largest absolute Gasteiger partial charge is 0.460 e. The van der Waals surface area contributed by atoms with Crippen molar-refractivity contribution in [2.75, 3.05) is 0 Å². The first-order valence-electron chi connectivity index (χ1n) is 12.2. The Kier molecular flexibility index (Phi) is 6.51. The topological polar surface area (TPSA) is 89.9 Å². The second kappa shape index (κ2) is 8.56. The van der Waals surface area contributed by atoms with Gasteiger partial charge in [-0.2, -0.15) is 0 Å². The van der Waals surface area contributed by atoms with Gasteiger partial charge in [0.2, 0.25) is 10.4 Å². The Balaban J connectivity index is 1.85. The molecule has 0 aromatic rings. The number of ketones is 1. The van der Waals surface area contributed by atoms with Crippen molar-refractivity contribution in [2.45, 2.75) is 88.6 Å². The van der Waals surface area contributed by atoms with Crippen LogP contribution in [0.25, 0.3) is 0 Å². The first-order chi connectivity index (χ1) is 16.1. The van der Waals surface area contributed by atoms with Crippen LogP contribution in [-0.4, -0.2) is 51.1 Å². The summed E-state index contributed by atoms with van der Waals surface area (Å²) >= 11 is 11.6. The van der Waals surface area contributed by atoms with Gasteiger partial charge in [-0.25, -0.2) is 14.0 Å². The highest BCUT2D eigenvalue weighted by Gasteiger charge is 2.78. The summed E-state index contributed by atoms with van der Waals surface area (Å²) in [5.41, 5.74) is -5.49. The molecule has 3 fully saturated rings. The Morgan fingerprint density at radius 2 is 1.89 bits per heavy atom. The third-order valence-corrected chi connectivity index (χ3v) is 9.62. The van der Waals surface area contributed by atoms with Crippen molar-refractivity contribution in [1.29, 1.82) is 0 Å². The molecule has 4 aliphatic rings. The minimum atomic E-state index is -2.07. The smallest absolute Gasteiger partial charge is 0.351 e. The van der Waals surface area contributed by atoms with Crippen molar-refractivity contribution in [3.63, 3.8) is 0 Å². The SMILES string of the molecule is CC(C)OC(=O)[C@@]1(OC(=O)C(Cl)Cl)[C@@H](C)C[C@H]2[C@@H]3CCC4=CC(=O)C=C[C@]4(C)[C@@]3(F)[C@@H](O)C[C@@]21C. The van der Waals surface area contributed by atoms with Crippen molar-refractivity contribution < 1.29 is 33.4 Å². The van der Waals surface area contributed by atoms with E-state index in [0.29, 0.717) is 24.8 Å². The molecule has 4 aliphatic carbocycles. The molecule has 0 amide bonds. The molecule has 0 aromatic carbocycles. The summed E-state index contributed by atoms with van der Waals surface area (Å²) in [7, 11) is 0. The second-order valence-electron chi connectivity index (χ2n) is 11.3. The molecule has 0 unspecified atom stereocenters. The van der Waals surface area contributed by atoms with Crippen molar-refractivity contribution >= 4 is 40.9 Å². The summed E-state index contributed by atoms with van der Waals surface area (Å²) in [6.45, 7) is 8.65. The van der Waals surface area contributed by atoms with Gasteiger partial charge < -0.3 is 14.6 Å². The number of carbonyl (C=O) groups excluding carboxylic acids is 3. The number of ether oxygens (including phenoxy) is 2. The lowest BCUT2D eigenvalue weighted by molar-refractivity contribution is -0.237. The summed E-state index contributed by atoms with van der Waals surface area (Å²) in [4.78, 5) is 36.8. The van der Waals surface area contributed by atoms with Gasteiger partial charge in [0, 0.05) is 22.7 Å². The molecule has 8 atom stereocenters. The van der Waals surface area contributed by atoms with Crippen molar-refractivity contribution in [1.82, 2.24) is 0 Å². The van der Waals surface area contributed by atoms with E-state index >= 15 is 4.39 Å². The van der Waals surface area contributed by atoms with Crippen LogP contribution >= 0.6 is 23.2 Å². The quantitative estimate of drug-likeness (QED) is 0.420. The molecular weight excluding hydrogens is 498 g/mol. The van der Waals surface area contributed by atoms with Gasteiger partial charge in [0.25, 0.3) is 0 Å². The van der Waals surface area contributed by atoms with E-state index in [1.165, 1.54) is 12.2 Å². The van der Waals surface area contributed by atoms with Gasteiger partial charge in [0.15, 0.2) is 11.5 Å². The molecule has 3 saturated carbocycles. The second-order valence-corrected chi connectivity index (χ2v) is 12.4. The number of hydrogen-bond acceptors (Lipinski definition) is 6. The summed E-state index contributed by atoms with van der Waals surface area (Å²) < 4.78 is 28.7. The van der Waals surface area contributed by atoms with E-state index in [2.05, 4.69) is 0 Å². The minimum Gasteiger partial charge on any atom is -0.460 e. The zero-order chi connectivity index (χ0) is 26.1. The van der Waals surface area contributed by atoms with E-state index in [9.17, 15) is 19.5 Å². The molecule has 35 heavy (non-hydrogen) atoms. The number of allylic oxidation sites excluding steroid dienone is 4. The van der Waals surface area contributed by atoms with Crippen LogP contribution in [-0.2, 0) is 23.9 Å². The molecule has 0 heterocycles. The molecule has 0 radical (unpaired) electrons.